The molecule has 26 heavy (non-hydrogen) atoms. The molecule has 144 valence electrons. The zero-order valence-electron chi connectivity index (χ0n) is 14.4. The molecule has 9 heteroatoms. The Bertz CT molecular complexity index is 758. The Morgan fingerprint density at radius 2 is 1.85 bits per heavy atom. The molecule has 4 aliphatic rings. The average Bonchev–Trinajstić information content (AvgIpc) is 2.70. The van der Waals surface area contributed by atoms with E-state index in [9.17, 15) is 26.7 Å². The van der Waals surface area contributed by atoms with Crippen molar-refractivity contribution < 1.29 is 31.5 Å². The first-order valence-corrected chi connectivity index (χ1v) is 8.53. The van der Waals surface area contributed by atoms with E-state index in [1.165, 1.54) is 0 Å². The molecule has 0 saturated heterocycles. The van der Waals surface area contributed by atoms with E-state index in [2.05, 4.69) is 9.84 Å². The fraction of sp³-hybridized carbons (Fsp3) is 0.765. The molecule has 0 radical (unpaired) electrons. The number of carbonyl (C=O) groups is 1. The molecule has 0 aromatic carbocycles. The topological polar surface area (TPSA) is 44.1 Å². The molecule has 0 aliphatic heterocycles. The van der Waals surface area contributed by atoms with Gasteiger partial charge in [-0.15, -0.1) is 0 Å². The smallest absolute Gasteiger partial charge is 0.420 e. The molecule has 1 heterocycles. The molecule has 0 unspecified atom stereocenters. The third-order valence-electron chi connectivity index (χ3n) is 6.06. The van der Waals surface area contributed by atoms with Crippen LogP contribution in [0, 0.1) is 11.3 Å². The lowest BCUT2D eigenvalue weighted by Crippen LogP contribution is -2.56. The largest absolute Gasteiger partial charge is 0.464 e. The van der Waals surface area contributed by atoms with E-state index in [0.717, 1.165) is 11.8 Å². The van der Waals surface area contributed by atoms with E-state index < -0.39 is 53.0 Å². The second kappa shape index (κ2) is 4.98. The second-order valence-corrected chi connectivity index (χ2v) is 8.50. The monoisotopic (exact) mass is 378 g/mol. The second-order valence-electron chi connectivity index (χ2n) is 8.50. The summed E-state index contributed by atoms with van der Waals surface area (Å²) in [4.78, 5) is 12.1. The van der Waals surface area contributed by atoms with Gasteiger partial charge in [-0.25, -0.2) is 13.6 Å². The van der Waals surface area contributed by atoms with Crippen molar-refractivity contribution >= 4 is 5.97 Å². The Labute approximate surface area is 146 Å². The first-order valence-electron chi connectivity index (χ1n) is 8.53. The van der Waals surface area contributed by atoms with E-state index in [-0.39, 0.29) is 12.2 Å². The van der Waals surface area contributed by atoms with Gasteiger partial charge in [0.05, 0.1) is 12.8 Å². The van der Waals surface area contributed by atoms with Gasteiger partial charge in [-0.1, -0.05) is 6.92 Å². The maximum absolute atomic E-state index is 13.8. The zero-order chi connectivity index (χ0) is 19.1. The van der Waals surface area contributed by atoms with Gasteiger partial charge in [-0.2, -0.15) is 18.3 Å². The van der Waals surface area contributed by atoms with E-state index >= 15 is 0 Å². The third-order valence-corrected chi connectivity index (χ3v) is 6.06. The summed E-state index contributed by atoms with van der Waals surface area (Å²) >= 11 is 0. The number of esters is 1. The minimum atomic E-state index is -4.77. The minimum absolute atomic E-state index is 0.123. The highest BCUT2D eigenvalue weighted by molar-refractivity contribution is 5.90. The van der Waals surface area contributed by atoms with Crippen molar-refractivity contribution in [1.82, 2.24) is 9.78 Å². The first kappa shape index (κ1) is 17.7. The Balaban J connectivity index is 1.79. The van der Waals surface area contributed by atoms with Crippen molar-refractivity contribution in [3.63, 3.8) is 0 Å². The summed E-state index contributed by atoms with van der Waals surface area (Å²) in [6.07, 6.45) is -3.76. The number of aromatic nitrogens is 2. The van der Waals surface area contributed by atoms with Crippen LogP contribution < -0.4 is 0 Å². The molecule has 5 rings (SSSR count). The Morgan fingerprint density at radius 3 is 2.23 bits per heavy atom. The van der Waals surface area contributed by atoms with Gasteiger partial charge in [0.2, 0.25) is 5.92 Å². The number of methoxy groups -OCH3 is 1. The van der Waals surface area contributed by atoms with Crippen LogP contribution in [0.4, 0.5) is 22.0 Å². The van der Waals surface area contributed by atoms with Gasteiger partial charge >= 0.3 is 12.1 Å². The fourth-order valence-electron chi connectivity index (χ4n) is 4.96. The summed E-state index contributed by atoms with van der Waals surface area (Å²) < 4.78 is 73.5. The van der Waals surface area contributed by atoms with Gasteiger partial charge in [0.1, 0.15) is 5.56 Å². The average molecular weight is 378 g/mol. The Morgan fingerprint density at radius 1 is 1.27 bits per heavy atom. The van der Waals surface area contributed by atoms with Gasteiger partial charge in [0.25, 0.3) is 0 Å². The van der Waals surface area contributed by atoms with Crippen LogP contribution in [0.15, 0.2) is 0 Å². The van der Waals surface area contributed by atoms with Crippen LogP contribution in [0.2, 0.25) is 0 Å². The van der Waals surface area contributed by atoms with Gasteiger partial charge in [-0.05, 0) is 30.6 Å². The van der Waals surface area contributed by atoms with Crippen molar-refractivity contribution in [2.75, 3.05) is 7.11 Å². The number of hydrogen-bond donors (Lipinski definition) is 0. The number of halogens is 5. The third kappa shape index (κ3) is 2.45. The highest BCUT2D eigenvalue weighted by atomic mass is 19.4. The quantitative estimate of drug-likeness (QED) is 0.583. The predicted octanol–water partition coefficient (Wildman–Crippen LogP) is 4.18. The lowest BCUT2D eigenvalue weighted by Gasteiger charge is -2.61. The zero-order valence-corrected chi connectivity index (χ0v) is 14.4. The van der Waals surface area contributed by atoms with E-state index in [1.807, 2.05) is 0 Å². The van der Waals surface area contributed by atoms with Gasteiger partial charge in [0.15, 0.2) is 5.69 Å². The van der Waals surface area contributed by atoms with Crippen molar-refractivity contribution in [2.24, 2.45) is 11.3 Å². The summed E-state index contributed by atoms with van der Waals surface area (Å²) in [5.41, 5.74) is -3.39. The fourth-order valence-corrected chi connectivity index (χ4v) is 4.96. The standard InChI is InChI=1S/C17H19F5N2O2/c1-14(6-16(18,19)7-14)8-24-11(13(25)26-2)10(17(20,21)22)12(23-24)15-3-9(4-15)5-15/h9H,3-8H2,1-2H3. The highest BCUT2D eigenvalue weighted by Gasteiger charge is 2.63. The normalized spacial score (nSPS) is 30.8. The van der Waals surface area contributed by atoms with Gasteiger partial charge in [-0.3, -0.25) is 4.68 Å². The van der Waals surface area contributed by atoms with E-state index in [1.54, 1.807) is 6.92 Å². The molecule has 0 amide bonds. The van der Waals surface area contributed by atoms with Crippen LogP contribution >= 0.6 is 0 Å². The van der Waals surface area contributed by atoms with Crippen LogP contribution in [-0.4, -0.2) is 28.8 Å². The predicted molar refractivity (Wildman–Crippen MR) is 79.9 cm³/mol. The van der Waals surface area contributed by atoms with Crippen LogP contribution in [0.3, 0.4) is 0 Å². The highest BCUT2D eigenvalue weighted by Crippen LogP contribution is 2.66. The lowest BCUT2D eigenvalue weighted by molar-refractivity contribution is -0.160. The molecule has 0 spiro atoms. The molecule has 0 N–H and O–H groups in total. The number of nitrogens with zero attached hydrogens (tertiary/aromatic N) is 2. The van der Waals surface area contributed by atoms with E-state index in [0.29, 0.717) is 25.2 Å². The molecule has 4 saturated carbocycles. The van der Waals surface area contributed by atoms with Crippen LogP contribution in [0.25, 0.3) is 0 Å². The number of carbonyl (C=O) groups excluding carboxylic acids is 1. The molecule has 4 fully saturated rings. The molecule has 4 aliphatic carbocycles. The summed E-state index contributed by atoms with van der Waals surface area (Å²) in [5, 5.41) is 4.14. The molecular formula is C17H19F5N2O2. The van der Waals surface area contributed by atoms with Crippen molar-refractivity contribution in [3.8, 4) is 0 Å². The summed E-state index contributed by atoms with van der Waals surface area (Å²) in [7, 11) is 1.000. The van der Waals surface area contributed by atoms with Gasteiger partial charge in [0, 0.05) is 24.8 Å². The van der Waals surface area contributed by atoms with Crippen molar-refractivity contribution in [3.05, 3.63) is 17.0 Å². The number of hydrogen-bond acceptors (Lipinski definition) is 3. The van der Waals surface area contributed by atoms with Crippen LogP contribution in [-0.2, 0) is 22.9 Å². The Hall–Kier alpha value is -1.67. The maximum atomic E-state index is 13.8. The van der Waals surface area contributed by atoms with E-state index in [4.69, 9.17) is 0 Å². The Kier molecular flexibility index (Phi) is 3.40. The SMILES string of the molecule is COC(=O)c1c(C(F)(F)F)c(C23CC(C2)C3)nn1CC1(C)CC(F)(F)C1. The van der Waals surface area contributed by atoms with Crippen molar-refractivity contribution in [2.45, 2.75) is 63.1 Å². The van der Waals surface area contributed by atoms with Crippen LogP contribution in [0.5, 0.6) is 0 Å². The van der Waals surface area contributed by atoms with Crippen LogP contribution in [0.1, 0.15) is 60.8 Å². The minimum Gasteiger partial charge on any atom is -0.464 e. The lowest BCUT2D eigenvalue weighted by atomic mass is 9.43. The molecule has 1 aromatic rings. The molecular weight excluding hydrogens is 359 g/mol. The number of ether oxygens (including phenoxy) is 1. The maximum Gasteiger partial charge on any atom is 0.420 e. The molecule has 0 atom stereocenters. The summed E-state index contributed by atoms with van der Waals surface area (Å²) in [5.74, 6) is -3.54. The number of alkyl halides is 5. The molecule has 1 aromatic heterocycles. The molecule has 4 nitrogen and oxygen atoms in total. The number of rotatable bonds is 4. The summed E-state index contributed by atoms with van der Waals surface area (Å²) in [6, 6.07) is 0. The van der Waals surface area contributed by atoms with Crippen molar-refractivity contribution in [1.29, 1.82) is 0 Å². The summed E-state index contributed by atoms with van der Waals surface area (Å²) in [6.45, 7) is 1.40. The van der Waals surface area contributed by atoms with Gasteiger partial charge < -0.3 is 4.74 Å². The molecule has 2 bridgehead atoms. The first-order chi connectivity index (χ1) is 11.9.